The van der Waals surface area contributed by atoms with Crippen LogP contribution >= 0.6 is 0 Å². The lowest BCUT2D eigenvalue weighted by Gasteiger charge is -2.37. The van der Waals surface area contributed by atoms with Crippen molar-refractivity contribution in [2.75, 3.05) is 24.6 Å². The zero-order chi connectivity index (χ0) is 16.3. The predicted octanol–water partition coefficient (Wildman–Crippen LogP) is 1.77. The molecular formula is C17H26N4O2. The molecule has 126 valence electrons. The molecule has 2 saturated heterocycles. The standard InChI is InChI=1S/C17H26N4O2/c1-17(2)11-14(6-10-23-17)20-15(22)13-5-3-9-21(12-13)16-18-7-4-8-19-16/h4,7-8,13-14H,3,5-6,9-12H2,1-2H3,(H,20,22)/t13-,14-/m0/s1. The summed E-state index contributed by atoms with van der Waals surface area (Å²) in [6.45, 7) is 6.49. The summed E-state index contributed by atoms with van der Waals surface area (Å²) in [4.78, 5) is 23.3. The first-order valence-electron chi connectivity index (χ1n) is 8.50. The van der Waals surface area contributed by atoms with Crippen LogP contribution in [-0.4, -0.2) is 47.2 Å². The number of rotatable bonds is 3. The molecule has 23 heavy (non-hydrogen) atoms. The number of nitrogens with zero attached hydrogens (tertiary/aromatic N) is 3. The Labute approximate surface area is 137 Å². The van der Waals surface area contributed by atoms with Crippen LogP contribution in [-0.2, 0) is 9.53 Å². The molecule has 0 aromatic carbocycles. The number of amides is 1. The molecule has 0 spiro atoms. The Hall–Kier alpha value is -1.69. The highest BCUT2D eigenvalue weighted by Crippen LogP contribution is 2.25. The van der Waals surface area contributed by atoms with Gasteiger partial charge in [0.2, 0.25) is 11.9 Å². The first kappa shape index (κ1) is 16.2. The van der Waals surface area contributed by atoms with Crippen molar-refractivity contribution in [1.82, 2.24) is 15.3 Å². The Morgan fingerprint density at radius 3 is 2.87 bits per heavy atom. The van der Waals surface area contributed by atoms with E-state index in [1.54, 1.807) is 12.4 Å². The van der Waals surface area contributed by atoms with E-state index in [9.17, 15) is 4.79 Å². The summed E-state index contributed by atoms with van der Waals surface area (Å²) in [7, 11) is 0. The molecule has 0 bridgehead atoms. The minimum Gasteiger partial charge on any atom is -0.375 e. The lowest BCUT2D eigenvalue weighted by atomic mass is 9.92. The zero-order valence-electron chi connectivity index (χ0n) is 14.0. The van der Waals surface area contributed by atoms with Crippen molar-refractivity contribution in [3.8, 4) is 0 Å². The van der Waals surface area contributed by atoms with Crippen LogP contribution < -0.4 is 10.2 Å². The monoisotopic (exact) mass is 318 g/mol. The van der Waals surface area contributed by atoms with Gasteiger partial charge in [-0.3, -0.25) is 4.79 Å². The fourth-order valence-corrected chi connectivity index (χ4v) is 3.50. The average molecular weight is 318 g/mol. The molecule has 1 amide bonds. The second-order valence-electron chi connectivity index (χ2n) is 7.14. The Morgan fingerprint density at radius 1 is 1.35 bits per heavy atom. The van der Waals surface area contributed by atoms with E-state index in [0.717, 1.165) is 38.2 Å². The van der Waals surface area contributed by atoms with Crippen LogP contribution in [0.5, 0.6) is 0 Å². The summed E-state index contributed by atoms with van der Waals surface area (Å²) >= 11 is 0. The topological polar surface area (TPSA) is 67.4 Å². The lowest BCUT2D eigenvalue weighted by molar-refractivity contribution is -0.128. The fourth-order valence-electron chi connectivity index (χ4n) is 3.50. The number of hydrogen-bond donors (Lipinski definition) is 1. The molecule has 6 heteroatoms. The molecule has 0 radical (unpaired) electrons. The Kier molecular flexibility index (Phi) is 4.80. The number of carbonyl (C=O) groups is 1. The zero-order valence-corrected chi connectivity index (χ0v) is 14.0. The Balaban J connectivity index is 1.57. The van der Waals surface area contributed by atoms with Gasteiger partial charge in [-0.15, -0.1) is 0 Å². The average Bonchev–Trinajstić information content (AvgIpc) is 2.55. The van der Waals surface area contributed by atoms with Gasteiger partial charge in [0.25, 0.3) is 0 Å². The minimum absolute atomic E-state index is 0.0125. The van der Waals surface area contributed by atoms with E-state index in [0.29, 0.717) is 13.2 Å². The number of ether oxygens (including phenoxy) is 1. The predicted molar refractivity (Wildman–Crippen MR) is 88.2 cm³/mol. The third-order valence-corrected chi connectivity index (χ3v) is 4.67. The smallest absolute Gasteiger partial charge is 0.225 e. The highest BCUT2D eigenvalue weighted by Gasteiger charge is 2.32. The minimum atomic E-state index is -0.146. The molecule has 2 atom stereocenters. The van der Waals surface area contributed by atoms with Crippen LogP contribution in [0.25, 0.3) is 0 Å². The van der Waals surface area contributed by atoms with E-state index in [1.807, 2.05) is 6.07 Å². The van der Waals surface area contributed by atoms with Gasteiger partial charge in [0.1, 0.15) is 0 Å². The van der Waals surface area contributed by atoms with Gasteiger partial charge in [-0.05, 0) is 45.6 Å². The first-order chi connectivity index (χ1) is 11.0. The number of carbonyl (C=O) groups excluding carboxylic acids is 1. The van der Waals surface area contributed by atoms with E-state index in [4.69, 9.17) is 4.74 Å². The van der Waals surface area contributed by atoms with Crippen LogP contribution in [0.2, 0.25) is 0 Å². The molecule has 3 heterocycles. The molecule has 3 rings (SSSR count). The summed E-state index contributed by atoms with van der Waals surface area (Å²) in [5.74, 6) is 0.893. The van der Waals surface area contributed by atoms with Crippen LogP contribution in [0.1, 0.15) is 39.5 Å². The van der Waals surface area contributed by atoms with E-state index in [2.05, 4.69) is 34.0 Å². The molecule has 6 nitrogen and oxygen atoms in total. The summed E-state index contributed by atoms with van der Waals surface area (Å²) in [5.41, 5.74) is -0.146. The number of nitrogens with one attached hydrogen (secondary N) is 1. The second kappa shape index (κ2) is 6.83. The van der Waals surface area contributed by atoms with Crippen molar-refractivity contribution in [1.29, 1.82) is 0 Å². The van der Waals surface area contributed by atoms with E-state index < -0.39 is 0 Å². The molecular weight excluding hydrogens is 292 g/mol. The van der Waals surface area contributed by atoms with Gasteiger partial charge in [-0.25, -0.2) is 9.97 Å². The maximum Gasteiger partial charge on any atom is 0.225 e. The lowest BCUT2D eigenvalue weighted by Crippen LogP contribution is -2.50. The third kappa shape index (κ3) is 4.19. The normalized spacial score (nSPS) is 27.5. The van der Waals surface area contributed by atoms with Gasteiger partial charge in [0.15, 0.2) is 0 Å². The second-order valence-corrected chi connectivity index (χ2v) is 7.14. The molecule has 1 aromatic rings. The van der Waals surface area contributed by atoms with Crippen molar-refractivity contribution in [3.05, 3.63) is 18.5 Å². The van der Waals surface area contributed by atoms with Crippen molar-refractivity contribution in [2.24, 2.45) is 5.92 Å². The van der Waals surface area contributed by atoms with Crippen LogP contribution in [0.3, 0.4) is 0 Å². The molecule has 0 unspecified atom stereocenters. The van der Waals surface area contributed by atoms with Crippen LogP contribution in [0, 0.1) is 5.92 Å². The Morgan fingerprint density at radius 2 is 2.13 bits per heavy atom. The van der Waals surface area contributed by atoms with Crippen LogP contribution in [0.4, 0.5) is 5.95 Å². The van der Waals surface area contributed by atoms with E-state index in [1.165, 1.54) is 0 Å². The molecule has 0 saturated carbocycles. The van der Waals surface area contributed by atoms with Gasteiger partial charge >= 0.3 is 0 Å². The van der Waals surface area contributed by atoms with Crippen LogP contribution in [0.15, 0.2) is 18.5 Å². The molecule has 2 fully saturated rings. The number of piperidine rings is 1. The summed E-state index contributed by atoms with van der Waals surface area (Å²) in [6, 6.07) is 2.03. The largest absolute Gasteiger partial charge is 0.375 e. The van der Waals surface area contributed by atoms with Gasteiger partial charge in [-0.1, -0.05) is 0 Å². The van der Waals surface area contributed by atoms with Crippen molar-refractivity contribution in [3.63, 3.8) is 0 Å². The van der Waals surface area contributed by atoms with E-state index >= 15 is 0 Å². The number of aromatic nitrogens is 2. The SMILES string of the molecule is CC1(C)C[C@@H](NC(=O)[C@H]2CCCN(c3ncccn3)C2)CCO1. The van der Waals surface area contributed by atoms with Gasteiger partial charge < -0.3 is 15.0 Å². The maximum atomic E-state index is 12.6. The van der Waals surface area contributed by atoms with Crippen molar-refractivity contribution in [2.45, 2.75) is 51.2 Å². The molecule has 1 aromatic heterocycles. The number of hydrogen-bond acceptors (Lipinski definition) is 5. The van der Waals surface area contributed by atoms with Gasteiger partial charge in [0.05, 0.1) is 11.5 Å². The summed E-state index contributed by atoms with van der Waals surface area (Å²) in [5, 5.41) is 3.23. The highest BCUT2D eigenvalue weighted by molar-refractivity contribution is 5.79. The van der Waals surface area contributed by atoms with Gasteiger partial charge in [0, 0.05) is 38.1 Å². The van der Waals surface area contributed by atoms with Gasteiger partial charge in [-0.2, -0.15) is 0 Å². The molecule has 2 aliphatic heterocycles. The summed E-state index contributed by atoms with van der Waals surface area (Å²) < 4.78 is 5.72. The maximum absolute atomic E-state index is 12.6. The molecule has 2 aliphatic rings. The van der Waals surface area contributed by atoms with E-state index in [-0.39, 0.29) is 23.5 Å². The van der Waals surface area contributed by atoms with Crippen molar-refractivity contribution >= 4 is 11.9 Å². The summed E-state index contributed by atoms with van der Waals surface area (Å²) in [6.07, 6.45) is 7.19. The first-order valence-corrected chi connectivity index (χ1v) is 8.50. The fraction of sp³-hybridized carbons (Fsp3) is 0.706. The quantitative estimate of drug-likeness (QED) is 0.920. The van der Waals surface area contributed by atoms with Crippen molar-refractivity contribution < 1.29 is 9.53 Å². The third-order valence-electron chi connectivity index (χ3n) is 4.67. The molecule has 1 N–H and O–H groups in total. The Bertz CT molecular complexity index is 535. The molecule has 0 aliphatic carbocycles. The highest BCUT2D eigenvalue weighted by atomic mass is 16.5. The number of anilines is 1.